The topological polar surface area (TPSA) is 46.5 Å². The van der Waals surface area contributed by atoms with E-state index in [-0.39, 0.29) is 16.9 Å². The molecule has 5 heteroatoms. The Hall–Kier alpha value is -1.65. The van der Waals surface area contributed by atoms with Gasteiger partial charge in [-0.2, -0.15) is 8.78 Å². The second-order valence-corrected chi connectivity index (χ2v) is 2.61. The summed E-state index contributed by atoms with van der Waals surface area (Å²) in [6.07, 6.45) is 0. The fraction of sp³-hybridized carbons (Fsp3) is 0.222. The van der Waals surface area contributed by atoms with Crippen molar-refractivity contribution in [3.8, 4) is 5.75 Å². The van der Waals surface area contributed by atoms with Gasteiger partial charge in [-0.15, -0.1) is 0 Å². The first kappa shape index (κ1) is 10.4. The van der Waals surface area contributed by atoms with E-state index in [1.54, 1.807) is 0 Å². The number of hydrogen-bond donors (Lipinski definition) is 1. The lowest BCUT2D eigenvalue weighted by atomic mass is 10.1. The van der Waals surface area contributed by atoms with Gasteiger partial charge in [-0.25, -0.2) is 4.79 Å². The minimum Gasteiger partial charge on any atom is -0.478 e. The molecule has 0 bridgehead atoms. The molecule has 0 saturated heterocycles. The van der Waals surface area contributed by atoms with E-state index < -0.39 is 12.6 Å². The Balaban J connectivity index is 3.07. The van der Waals surface area contributed by atoms with Gasteiger partial charge in [0.2, 0.25) is 0 Å². The molecule has 0 saturated carbocycles. The van der Waals surface area contributed by atoms with Crippen molar-refractivity contribution < 1.29 is 23.4 Å². The summed E-state index contributed by atoms with van der Waals surface area (Å²) >= 11 is 0. The number of carbonyl (C=O) groups is 1. The van der Waals surface area contributed by atoms with Crippen molar-refractivity contribution in [1.29, 1.82) is 0 Å². The molecule has 0 aliphatic carbocycles. The third-order valence-electron chi connectivity index (χ3n) is 1.73. The molecule has 0 fully saturated rings. The van der Waals surface area contributed by atoms with Gasteiger partial charge in [-0.05, 0) is 19.1 Å². The molecule has 3 nitrogen and oxygen atoms in total. The van der Waals surface area contributed by atoms with Crippen molar-refractivity contribution in [2.45, 2.75) is 13.5 Å². The SMILES string of the molecule is Cc1c(OC(F)F)cccc1C(=O)O. The Labute approximate surface area is 78.9 Å². The fourth-order valence-electron chi connectivity index (χ4n) is 1.07. The number of ether oxygens (including phenoxy) is 1. The van der Waals surface area contributed by atoms with Gasteiger partial charge in [-0.3, -0.25) is 0 Å². The molecule has 0 radical (unpaired) electrons. The molecule has 0 atom stereocenters. The van der Waals surface area contributed by atoms with Crippen molar-refractivity contribution in [1.82, 2.24) is 0 Å². The molecule has 0 unspecified atom stereocenters. The van der Waals surface area contributed by atoms with Crippen LogP contribution in [-0.2, 0) is 0 Å². The van der Waals surface area contributed by atoms with Crippen LogP contribution in [0.4, 0.5) is 8.78 Å². The van der Waals surface area contributed by atoms with Crippen LogP contribution in [0.25, 0.3) is 0 Å². The number of halogens is 2. The zero-order valence-electron chi connectivity index (χ0n) is 7.33. The largest absolute Gasteiger partial charge is 0.478 e. The van der Waals surface area contributed by atoms with Crippen LogP contribution in [0, 0.1) is 6.92 Å². The lowest BCUT2D eigenvalue weighted by Gasteiger charge is -2.09. The van der Waals surface area contributed by atoms with Crippen molar-refractivity contribution in [2.24, 2.45) is 0 Å². The molecule has 1 aromatic rings. The molecule has 76 valence electrons. The minimum absolute atomic E-state index is 0.0387. The summed E-state index contributed by atoms with van der Waals surface area (Å²) in [7, 11) is 0. The number of carboxylic acids is 1. The van der Waals surface area contributed by atoms with Crippen LogP contribution >= 0.6 is 0 Å². The molecule has 0 aliphatic heterocycles. The van der Waals surface area contributed by atoms with Gasteiger partial charge in [0.1, 0.15) is 5.75 Å². The predicted molar refractivity (Wildman–Crippen MR) is 44.8 cm³/mol. The third-order valence-corrected chi connectivity index (χ3v) is 1.73. The highest BCUT2D eigenvalue weighted by Crippen LogP contribution is 2.22. The number of rotatable bonds is 3. The molecule has 1 N–H and O–H groups in total. The maximum absolute atomic E-state index is 11.9. The van der Waals surface area contributed by atoms with Gasteiger partial charge in [0.25, 0.3) is 0 Å². The van der Waals surface area contributed by atoms with E-state index in [2.05, 4.69) is 4.74 Å². The normalized spacial score (nSPS) is 10.3. The van der Waals surface area contributed by atoms with E-state index in [4.69, 9.17) is 5.11 Å². The van der Waals surface area contributed by atoms with Crippen LogP contribution in [0.5, 0.6) is 5.75 Å². The maximum Gasteiger partial charge on any atom is 0.387 e. The zero-order chi connectivity index (χ0) is 10.7. The first-order valence-corrected chi connectivity index (χ1v) is 3.80. The summed E-state index contributed by atoms with van der Waals surface area (Å²) in [6, 6.07) is 3.98. The van der Waals surface area contributed by atoms with E-state index in [9.17, 15) is 13.6 Å². The lowest BCUT2D eigenvalue weighted by Crippen LogP contribution is -2.06. The molecule has 0 spiro atoms. The third kappa shape index (κ3) is 2.18. The maximum atomic E-state index is 11.9. The summed E-state index contributed by atoms with van der Waals surface area (Å²) < 4.78 is 27.9. The van der Waals surface area contributed by atoms with Crippen molar-refractivity contribution >= 4 is 5.97 Å². The van der Waals surface area contributed by atoms with Gasteiger partial charge < -0.3 is 9.84 Å². The van der Waals surface area contributed by atoms with E-state index in [0.29, 0.717) is 0 Å². The van der Waals surface area contributed by atoms with Gasteiger partial charge >= 0.3 is 12.6 Å². The predicted octanol–water partition coefficient (Wildman–Crippen LogP) is 2.29. The highest BCUT2D eigenvalue weighted by molar-refractivity contribution is 5.90. The molecule has 0 aromatic heterocycles. The average molecular weight is 202 g/mol. The molecule has 0 heterocycles. The minimum atomic E-state index is -2.95. The summed E-state index contributed by atoms with van der Waals surface area (Å²) in [5.41, 5.74) is 0.156. The molecule has 14 heavy (non-hydrogen) atoms. The fourth-order valence-corrected chi connectivity index (χ4v) is 1.07. The quantitative estimate of drug-likeness (QED) is 0.817. The van der Waals surface area contributed by atoms with Crippen LogP contribution in [0.1, 0.15) is 15.9 Å². The number of hydrogen-bond acceptors (Lipinski definition) is 2. The van der Waals surface area contributed by atoms with Crippen LogP contribution in [0.15, 0.2) is 18.2 Å². The highest BCUT2D eigenvalue weighted by Gasteiger charge is 2.13. The van der Waals surface area contributed by atoms with Crippen molar-refractivity contribution in [3.05, 3.63) is 29.3 Å². The second-order valence-electron chi connectivity index (χ2n) is 2.61. The lowest BCUT2D eigenvalue weighted by molar-refractivity contribution is -0.0503. The van der Waals surface area contributed by atoms with Crippen LogP contribution in [-0.4, -0.2) is 17.7 Å². The van der Waals surface area contributed by atoms with E-state index in [1.165, 1.54) is 25.1 Å². The molecule has 1 rings (SSSR count). The summed E-state index contributed by atoms with van der Waals surface area (Å²) in [4.78, 5) is 10.6. The van der Waals surface area contributed by atoms with Crippen LogP contribution in [0.3, 0.4) is 0 Å². The van der Waals surface area contributed by atoms with Crippen molar-refractivity contribution in [3.63, 3.8) is 0 Å². The molecule has 0 amide bonds. The van der Waals surface area contributed by atoms with E-state index in [1.807, 2.05) is 0 Å². The summed E-state index contributed by atoms with van der Waals surface area (Å²) in [5, 5.41) is 8.68. The Morgan fingerprint density at radius 2 is 2.14 bits per heavy atom. The zero-order valence-corrected chi connectivity index (χ0v) is 7.33. The Kier molecular flexibility index (Phi) is 3.01. The van der Waals surface area contributed by atoms with Gasteiger partial charge in [0.15, 0.2) is 0 Å². The molecular weight excluding hydrogens is 194 g/mol. The van der Waals surface area contributed by atoms with Gasteiger partial charge in [0.05, 0.1) is 5.56 Å². The van der Waals surface area contributed by atoms with Crippen LogP contribution < -0.4 is 4.74 Å². The molecule has 1 aromatic carbocycles. The highest BCUT2D eigenvalue weighted by atomic mass is 19.3. The van der Waals surface area contributed by atoms with Gasteiger partial charge in [0, 0.05) is 5.56 Å². The number of carboxylic acid groups (broad SMARTS) is 1. The second kappa shape index (κ2) is 4.04. The number of alkyl halides is 2. The Morgan fingerprint density at radius 3 is 2.64 bits per heavy atom. The number of aromatic carboxylic acids is 1. The summed E-state index contributed by atoms with van der Waals surface area (Å²) in [6.45, 7) is -1.53. The monoisotopic (exact) mass is 202 g/mol. The molecule has 0 aliphatic rings. The van der Waals surface area contributed by atoms with E-state index >= 15 is 0 Å². The van der Waals surface area contributed by atoms with Crippen molar-refractivity contribution in [2.75, 3.05) is 0 Å². The number of benzene rings is 1. The molecular formula is C9H8F2O3. The summed E-state index contributed by atoms with van der Waals surface area (Å²) in [5.74, 6) is -1.28. The Morgan fingerprint density at radius 1 is 1.50 bits per heavy atom. The standard InChI is InChI=1S/C9H8F2O3/c1-5-6(8(12)13)3-2-4-7(5)14-9(10)11/h2-4,9H,1H3,(H,12,13). The Bertz CT molecular complexity index is 350. The smallest absolute Gasteiger partial charge is 0.387 e. The van der Waals surface area contributed by atoms with E-state index in [0.717, 1.165) is 0 Å². The first-order valence-electron chi connectivity index (χ1n) is 3.80. The van der Waals surface area contributed by atoms with Gasteiger partial charge in [-0.1, -0.05) is 6.07 Å². The van der Waals surface area contributed by atoms with Crippen LogP contribution in [0.2, 0.25) is 0 Å². The first-order chi connectivity index (χ1) is 6.52. The average Bonchev–Trinajstić information content (AvgIpc) is 2.07.